The van der Waals surface area contributed by atoms with Crippen LogP contribution in [0.5, 0.6) is 0 Å². The summed E-state index contributed by atoms with van der Waals surface area (Å²) < 4.78 is 233. The average molecular weight is 788 g/mol. The van der Waals surface area contributed by atoms with Crippen molar-refractivity contribution in [1.82, 2.24) is 0 Å². The Bertz CT molecular complexity index is 2320. The highest BCUT2D eigenvalue weighted by atomic mass is 32.2. The van der Waals surface area contributed by atoms with Gasteiger partial charge in [-0.25, -0.2) is 65.9 Å². The van der Waals surface area contributed by atoms with Gasteiger partial charge in [0.25, 0.3) is 0 Å². The summed E-state index contributed by atoms with van der Waals surface area (Å²) in [6, 6.07) is 12.7. The molecule has 1 unspecified atom stereocenters. The first-order valence-electron chi connectivity index (χ1n) is 15.1. The van der Waals surface area contributed by atoms with Gasteiger partial charge < -0.3 is 0 Å². The smallest absolute Gasteiger partial charge is 0.200 e. The van der Waals surface area contributed by atoms with Gasteiger partial charge in [0.05, 0.1) is 10.9 Å². The summed E-state index contributed by atoms with van der Waals surface area (Å²) in [6.07, 6.45) is -5.51. The van der Waals surface area contributed by atoms with E-state index in [2.05, 4.69) is 6.58 Å². The van der Waals surface area contributed by atoms with E-state index in [1.54, 1.807) is 0 Å². The Kier molecular flexibility index (Phi) is 9.84. The first-order valence-corrected chi connectivity index (χ1v) is 16.3. The maximum atomic E-state index is 16.4. The van der Waals surface area contributed by atoms with E-state index in [1.165, 1.54) is 48.5 Å². The van der Waals surface area contributed by atoms with E-state index >= 15 is 52.7 Å². The van der Waals surface area contributed by atoms with Gasteiger partial charge in [-0.1, -0.05) is 55.1 Å². The standard InChI is InChI=1S/C37H16BF15S/c1-14(2)17-13-38(20-24(41)30(47)35(52)31(48)25(20)42,21-26(43)32(49)36(53)33(50)27(21)44)19(18-22(39)28(45)34(51)29(46)23(18)40)37(15-9-5-3-6-10-15)54(17)16-11-7-4-8-12-16/h3-13H,1H2,2H3. The lowest BCUT2D eigenvalue weighted by Gasteiger charge is -2.46. The molecule has 1 atom stereocenters. The lowest BCUT2D eigenvalue weighted by Crippen LogP contribution is -2.65. The Hall–Kier alpha value is -5.32. The van der Waals surface area contributed by atoms with Gasteiger partial charge in [0, 0.05) is 11.1 Å². The molecule has 54 heavy (non-hydrogen) atoms. The zero-order chi connectivity index (χ0) is 39.7. The molecule has 0 aromatic heterocycles. The number of hydrogen-bond acceptors (Lipinski definition) is 0. The molecule has 278 valence electrons. The third-order valence-electron chi connectivity index (χ3n) is 8.84. The third-order valence-corrected chi connectivity index (χ3v) is 11.4. The second-order valence-corrected chi connectivity index (χ2v) is 13.8. The van der Waals surface area contributed by atoms with E-state index in [-0.39, 0.29) is 16.4 Å². The SMILES string of the molecule is C=C(C)C1=C[B-](c2c(F)c(F)c(F)c(F)c2F)(c2c(F)c(F)c(F)c(F)c2F)C(c2c(F)c(F)c(F)c(F)c2F)=C(c2ccccc2)[S+]1c1ccccc1. The number of rotatable bonds is 6. The maximum Gasteiger partial charge on any atom is 0.200 e. The Labute approximate surface area is 297 Å². The number of benzene rings is 5. The van der Waals surface area contributed by atoms with E-state index in [1.807, 2.05) is 0 Å². The molecule has 0 fully saturated rings. The van der Waals surface area contributed by atoms with Crippen molar-refractivity contribution < 1.29 is 65.9 Å². The molecule has 0 spiro atoms. The molecule has 0 saturated heterocycles. The van der Waals surface area contributed by atoms with Crippen molar-refractivity contribution in [2.45, 2.75) is 11.8 Å². The third kappa shape index (κ3) is 5.45. The molecule has 0 aliphatic carbocycles. The summed E-state index contributed by atoms with van der Waals surface area (Å²) in [4.78, 5) is -1.31. The molecule has 0 bridgehead atoms. The van der Waals surface area contributed by atoms with Crippen LogP contribution in [0.4, 0.5) is 65.9 Å². The molecular formula is C37H16BF15S. The van der Waals surface area contributed by atoms with Gasteiger partial charge in [-0.05, 0) is 24.6 Å². The fraction of sp³-hybridized carbons (Fsp3) is 0.0270. The highest BCUT2D eigenvalue weighted by molar-refractivity contribution is 8.10. The topological polar surface area (TPSA) is 0 Å². The molecule has 6 rings (SSSR count). The fourth-order valence-electron chi connectivity index (χ4n) is 6.61. The first-order chi connectivity index (χ1) is 25.4. The van der Waals surface area contributed by atoms with E-state index in [0.29, 0.717) is 0 Å². The first kappa shape index (κ1) is 38.4. The molecule has 17 heteroatoms. The van der Waals surface area contributed by atoms with Crippen molar-refractivity contribution in [2.24, 2.45) is 0 Å². The Morgan fingerprint density at radius 1 is 0.463 bits per heavy atom. The molecule has 5 aromatic rings. The summed E-state index contributed by atoms with van der Waals surface area (Å²) >= 11 is 0. The van der Waals surface area contributed by atoms with Crippen molar-refractivity contribution >= 4 is 38.3 Å². The second kappa shape index (κ2) is 13.8. The van der Waals surface area contributed by atoms with Gasteiger partial charge in [0.2, 0.25) is 5.82 Å². The van der Waals surface area contributed by atoms with Crippen LogP contribution in [0.15, 0.2) is 88.6 Å². The predicted molar refractivity (Wildman–Crippen MR) is 172 cm³/mol. The maximum absolute atomic E-state index is 16.4. The van der Waals surface area contributed by atoms with E-state index in [9.17, 15) is 13.2 Å². The molecule has 0 saturated carbocycles. The molecule has 1 aliphatic rings. The minimum absolute atomic E-state index is 0.0335. The van der Waals surface area contributed by atoms with Crippen molar-refractivity contribution in [3.8, 4) is 0 Å². The fourth-order valence-corrected chi connectivity index (χ4v) is 9.32. The van der Waals surface area contributed by atoms with Crippen molar-refractivity contribution in [3.05, 3.63) is 182 Å². The van der Waals surface area contributed by atoms with Crippen LogP contribution >= 0.6 is 0 Å². The highest BCUT2D eigenvalue weighted by Crippen LogP contribution is 2.52. The van der Waals surface area contributed by atoms with Gasteiger partial charge in [0.15, 0.2) is 63.1 Å². The van der Waals surface area contributed by atoms with Crippen LogP contribution in [0.2, 0.25) is 0 Å². The molecule has 0 N–H and O–H groups in total. The molecule has 0 radical (unpaired) electrons. The molecule has 1 aliphatic heterocycles. The van der Waals surface area contributed by atoms with Crippen molar-refractivity contribution in [1.29, 1.82) is 0 Å². The lowest BCUT2D eigenvalue weighted by molar-refractivity contribution is 0.376. The Balaban J connectivity index is 2.11. The van der Waals surface area contributed by atoms with Crippen LogP contribution in [-0.2, 0) is 10.9 Å². The highest BCUT2D eigenvalue weighted by Gasteiger charge is 2.54. The predicted octanol–water partition coefficient (Wildman–Crippen LogP) is 10.1. The molecule has 1 heterocycles. The van der Waals surface area contributed by atoms with Gasteiger partial charge in [-0.2, -0.15) is 5.98 Å². The summed E-state index contributed by atoms with van der Waals surface area (Å²) in [7, 11) is -2.11. The quantitative estimate of drug-likeness (QED) is 0.0529. The minimum Gasteiger partial charge on any atom is -0.207 e. The van der Waals surface area contributed by atoms with Crippen LogP contribution in [-0.4, -0.2) is 6.15 Å². The van der Waals surface area contributed by atoms with Crippen molar-refractivity contribution in [2.75, 3.05) is 0 Å². The summed E-state index contributed by atoms with van der Waals surface area (Å²) in [5.74, 6) is -43.2. The zero-order valence-corrected chi connectivity index (χ0v) is 27.5. The molecular weight excluding hydrogens is 772 g/mol. The summed E-state index contributed by atoms with van der Waals surface area (Å²) in [5.41, 5.74) is -9.59. The number of halogens is 15. The molecule has 0 nitrogen and oxygen atoms in total. The molecule has 5 aromatic carbocycles. The Morgan fingerprint density at radius 2 is 0.796 bits per heavy atom. The van der Waals surface area contributed by atoms with E-state index in [4.69, 9.17) is 0 Å². The monoisotopic (exact) mass is 788 g/mol. The van der Waals surface area contributed by atoms with Crippen LogP contribution in [0.1, 0.15) is 18.1 Å². The van der Waals surface area contributed by atoms with E-state index < -0.39 is 142 Å². The largest absolute Gasteiger partial charge is 0.207 e. The summed E-state index contributed by atoms with van der Waals surface area (Å²) in [6.45, 7) is 4.85. The second-order valence-electron chi connectivity index (χ2n) is 11.9. The average Bonchev–Trinajstić information content (AvgIpc) is 3.17. The zero-order valence-electron chi connectivity index (χ0n) is 26.7. The number of hydrogen-bond donors (Lipinski definition) is 0. The lowest BCUT2D eigenvalue weighted by atomic mass is 9.14. The normalized spacial score (nSPS) is 15.5. The minimum atomic E-state index is -5.51. The van der Waals surface area contributed by atoms with Crippen LogP contribution < -0.4 is 10.9 Å². The van der Waals surface area contributed by atoms with Gasteiger partial charge in [-0.3, -0.25) is 0 Å². The van der Waals surface area contributed by atoms with Gasteiger partial charge in [0.1, 0.15) is 39.2 Å². The van der Waals surface area contributed by atoms with Crippen LogP contribution in [0.25, 0.3) is 10.4 Å². The van der Waals surface area contributed by atoms with E-state index in [0.717, 1.165) is 19.1 Å². The van der Waals surface area contributed by atoms with Crippen LogP contribution in [0.3, 0.4) is 0 Å². The van der Waals surface area contributed by atoms with Crippen LogP contribution in [0, 0.1) is 87.3 Å². The molecule has 0 amide bonds. The van der Waals surface area contributed by atoms with Gasteiger partial charge >= 0.3 is 0 Å². The van der Waals surface area contributed by atoms with Crippen molar-refractivity contribution in [3.63, 3.8) is 0 Å². The number of allylic oxidation sites excluding steroid dienone is 1. The Morgan fingerprint density at radius 3 is 1.17 bits per heavy atom. The van der Waals surface area contributed by atoms with Gasteiger partial charge in [-0.15, -0.1) is 16.4 Å². The summed E-state index contributed by atoms with van der Waals surface area (Å²) in [5, 5.41) is 0.